The number of fused-ring (bicyclic) bond motifs is 1. The summed E-state index contributed by atoms with van der Waals surface area (Å²) in [4.78, 5) is 4.72. The Hall–Kier alpha value is -2.00. The first-order chi connectivity index (χ1) is 13.3. The van der Waals surface area contributed by atoms with E-state index in [4.69, 9.17) is 19.2 Å². The number of hydrogen-bond donors (Lipinski definition) is 2. The van der Waals surface area contributed by atoms with Crippen molar-refractivity contribution in [2.45, 2.75) is 19.9 Å². The van der Waals surface area contributed by atoms with Gasteiger partial charge in [0.2, 0.25) is 0 Å². The van der Waals surface area contributed by atoms with Gasteiger partial charge in [0, 0.05) is 31.8 Å². The zero-order valence-electron chi connectivity index (χ0n) is 16.4. The van der Waals surface area contributed by atoms with Crippen molar-refractivity contribution in [3.05, 3.63) is 53.6 Å². The van der Waals surface area contributed by atoms with Gasteiger partial charge in [0.25, 0.3) is 0 Å². The number of hydrogen-bond acceptors (Lipinski definition) is 4. The number of aryl methyl sites for hydroxylation is 1. The van der Waals surface area contributed by atoms with Crippen molar-refractivity contribution >= 4 is 35.6 Å². The molecule has 0 aliphatic carbocycles. The van der Waals surface area contributed by atoms with Gasteiger partial charge in [-0.2, -0.15) is 0 Å². The molecule has 2 aromatic carbocycles. The zero-order chi connectivity index (χ0) is 18.9. The third-order valence-corrected chi connectivity index (χ3v) is 4.28. The lowest BCUT2D eigenvalue weighted by atomic mass is 10.1. The average Bonchev–Trinajstić information content (AvgIpc) is 2.92. The second-order valence-electron chi connectivity index (χ2n) is 6.35. The second-order valence-corrected chi connectivity index (χ2v) is 6.35. The highest BCUT2D eigenvalue weighted by Gasteiger charge is 2.11. The van der Waals surface area contributed by atoms with Gasteiger partial charge in [-0.3, -0.25) is 0 Å². The van der Waals surface area contributed by atoms with Crippen LogP contribution in [0.15, 0.2) is 47.5 Å². The van der Waals surface area contributed by atoms with Gasteiger partial charge in [-0.1, -0.05) is 24.3 Å². The maximum atomic E-state index is 5.77. The molecule has 2 aromatic rings. The maximum absolute atomic E-state index is 5.77. The Labute approximate surface area is 183 Å². The zero-order valence-corrected chi connectivity index (χ0v) is 18.7. The minimum Gasteiger partial charge on any atom is -0.490 e. The Kier molecular flexibility index (Phi) is 9.36. The van der Waals surface area contributed by atoms with E-state index in [0.29, 0.717) is 38.9 Å². The Balaban J connectivity index is 0.00000280. The van der Waals surface area contributed by atoms with E-state index in [1.54, 1.807) is 7.11 Å². The molecule has 0 saturated carbocycles. The van der Waals surface area contributed by atoms with E-state index in [2.05, 4.69) is 29.7 Å². The van der Waals surface area contributed by atoms with Gasteiger partial charge in [0.05, 0.1) is 26.4 Å². The molecule has 6 nitrogen and oxygen atoms in total. The van der Waals surface area contributed by atoms with E-state index < -0.39 is 0 Å². The van der Waals surface area contributed by atoms with E-state index >= 15 is 0 Å². The number of ether oxygens (including phenoxy) is 3. The van der Waals surface area contributed by atoms with Crippen molar-refractivity contribution in [1.29, 1.82) is 0 Å². The normalized spacial score (nSPS) is 13.3. The van der Waals surface area contributed by atoms with Crippen molar-refractivity contribution in [2.24, 2.45) is 4.99 Å². The molecule has 0 bridgehead atoms. The van der Waals surface area contributed by atoms with E-state index in [1.165, 1.54) is 11.1 Å². The first-order valence-corrected chi connectivity index (χ1v) is 9.24. The molecule has 152 valence electrons. The van der Waals surface area contributed by atoms with Crippen LogP contribution >= 0.6 is 24.0 Å². The molecule has 0 saturated heterocycles. The van der Waals surface area contributed by atoms with Crippen LogP contribution in [-0.4, -0.2) is 39.4 Å². The van der Waals surface area contributed by atoms with Crippen LogP contribution < -0.4 is 20.1 Å². The summed E-state index contributed by atoms with van der Waals surface area (Å²) in [5.41, 5.74) is 3.32. The van der Waals surface area contributed by atoms with E-state index in [1.807, 2.05) is 30.3 Å². The molecule has 1 aliphatic rings. The number of nitrogens with one attached hydrogen (secondary N) is 2. The summed E-state index contributed by atoms with van der Waals surface area (Å²) in [5.74, 6) is 2.24. The van der Waals surface area contributed by atoms with Crippen molar-refractivity contribution in [3.8, 4) is 11.5 Å². The molecule has 0 unspecified atom stereocenters. The van der Waals surface area contributed by atoms with Crippen LogP contribution in [0, 0.1) is 6.92 Å². The van der Waals surface area contributed by atoms with Crippen LogP contribution in [-0.2, 0) is 11.3 Å². The van der Waals surface area contributed by atoms with Crippen LogP contribution in [0.5, 0.6) is 11.5 Å². The summed E-state index contributed by atoms with van der Waals surface area (Å²) in [5, 5.41) is 6.64. The molecular formula is C21H28IN3O3. The van der Waals surface area contributed by atoms with E-state index in [9.17, 15) is 0 Å². The van der Waals surface area contributed by atoms with Crippen LogP contribution in [0.25, 0.3) is 0 Å². The highest BCUT2D eigenvalue weighted by Crippen LogP contribution is 2.32. The average molecular weight is 497 g/mol. The number of aliphatic imine (C=N–C) groups is 1. The molecule has 0 fully saturated rings. The second kappa shape index (κ2) is 11.8. The fourth-order valence-electron chi connectivity index (χ4n) is 2.74. The standard InChI is InChI=1S/C21H27N3O3.HI/c1-16-6-3-4-7-17(16)15-23-21(22-10-13-25-2)24-18-8-9-19-20(14-18)27-12-5-11-26-19;/h3-4,6-9,14H,5,10-13,15H2,1-2H3,(H2,22,23,24);1H. The van der Waals surface area contributed by atoms with Gasteiger partial charge in [0.15, 0.2) is 17.5 Å². The monoisotopic (exact) mass is 497 g/mol. The first kappa shape index (κ1) is 22.3. The molecule has 1 aliphatic heterocycles. The van der Waals surface area contributed by atoms with E-state index in [0.717, 1.165) is 23.6 Å². The Bertz CT molecular complexity index is 783. The maximum Gasteiger partial charge on any atom is 0.196 e. The minimum atomic E-state index is 0. The number of nitrogens with zero attached hydrogens (tertiary/aromatic N) is 1. The SMILES string of the molecule is COCCNC(=NCc1ccccc1C)Nc1ccc2c(c1)OCCCO2.I. The molecule has 0 spiro atoms. The van der Waals surface area contributed by atoms with Crippen LogP contribution in [0.2, 0.25) is 0 Å². The minimum absolute atomic E-state index is 0. The topological polar surface area (TPSA) is 64.1 Å². The van der Waals surface area contributed by atoms with Gasteiger partial charge < -0.3 is 24.8 Å². The lowest BCUT2D eigenvalue weighted by molar-refractivity contribution is 0.204. The lowest BCUT2D eigenvalue weighted by Crippen LogP contribution is -2.33. The summed E-state index contributed by atoms with van der Waals surface area (Å²) < 4.78 is 16.6. The largest absolute Gasteiger partial charge is 0.490 e. The Morgan fingerprint density at radius 2 is 1.89 bits per heavy atom. The molecular weight excluding hydrogens is 469 g/mol. The summed E-state index contributed by atoms with van der Waals surface area (Å²) in [6.45, 7) is 5.31. The third kappa shape index (κ3) is 6.56. The fraction of sp³-hybridized carbons (Fsp3) is 0.381. The van der Waals surface area contributed by atoms with Crippen LogP contribution in [0.1, 0.15) is 17.5 Å². The fourth-order valence-corrected chi connectivity index (χ4v) is 2.74. The molecule has 28 heavy (non-hydrogen) atoms. The smallest absolute Gasteiger partial charge is 0.196 e. The predicted molar refractivity (Wildman–Crippen MR) is 123 cm³/mol. The number of rotatable bonds is 6. The molecule has 1 heterocycles. The molecule has 3 rings (SSSR count). The highest BCUT2D eigenvalue weighted by molar-refractivity contribution is 14.0. The summed E-state index contributed by atoms with van der Waals surface area (Å²) in [7, 11) is 1.68. The Morgan fingerprint density at radius 3 is 2.68 bits per heavy atom. The first-order valence-electron chi connectivity index (χ1n) is 9.24. The molecule has 0 radical (unpaired) electrons. The van der Waals surface area contributed by atoms with Crippen LogP contribution in [0.4, 0.5) is 5.69 Å². The molecule has 7 heteroatoms. The quantitative estimate of drug-likeness (QED) is 0.274. The van der Waals surface area contributed by atoms with Crippen molar-refractivity contribution in [1.82, 2.24) is 5.32 Å². The third-order valence-electron chi connectivity index (χ3n) is 4.28. The van der Waals surface area contributed by atoms with Crippen molar-refractivity contribution < 1.29 is 14.2 Å². The van der Waals surface area contributed by atoms with E-state index in [-0.39, 0.29) is 24.0 Å². The van der Waals surface area contributed by atoms with Gasteiger partial charge in [0.1, 0.15) is 0 Å². The number of anilines is 1. The van der Waals surface area contributed by atoms with Gasteiger partial charge in [-0.05, 0) is 30.2 Å². The summed E-state index contributed by atoms with van der Waals surface area (Å²) in [6, 6.07) is 14.1. The molecule has 0 aromatic heterocycles. The molecule has 0 atom stereocenters. The lowest BCUT2D eigenvalue weighted by Gasteiger charge is -2.14. The number of benzene rings is 2. The van der Waals surface area contributed by atoms with Crippen molar-refractivity contribution in [3.63, 3.8) is 0 Å². The Morgan fingerprint density at radius 1 is 1.11 bits per heavy atom. The molecule has 0 amide bonds. The van der Waals surface area contributed by atoms with Gasteiger partial charge in [-0.15, -0.1) is 24.0 Å². The highest BCUT2D eigenvalue weighted by atomic mass is 127. The number of methoxy groups -OCH3 is 1. The number of halogens is 1. The number of guanidine groups is 1. The van der Waals surface area contributed by atoms with Crippen molar-refractivity contribution in [2.75, 3.05) is 38.8 Å². The van der Waals surface area contributed by atoms with Gasteiger partial charge in [-0.25, -0.2) is 4.99 Å². The summed E-state index contributed by atoms with van der Waals surface area (Å²) >= 11 is 0. The van der Waals surface area contributed by atoms with Crippen LogP contribution in [0.3, 0.4) is 0 Å². The predicted octanol–water partition coefficient (Wildman–Crippen LogP) is 3.98. The summed E-state index contributed by atoms with van der Waals surface area (Å²) in [6.07, 6.45) is 0.888. The molecule has 2 N–H and O–H groups in total. The van der Waals surface area contributed by atoms with Gasteiger partial charge >= 0.3 is 0 Å².